The number of nitrogens with one attached hydrogen (secondary N) is 1. The molecule has 0 bridgehead atoms. The van der Waals surface area contributed by atoms with Crippen LogP contribution >= 0.6 is 0 Å². The number of aryl methyl sites for hydroxylation is 1. The van der Waals surface area contributed by atoms with E-state index >= 15 is 0 Å². The predicted octanol–water partition coefficient (Wildman–Crippen LogP) is 1.15. The maximum absolute atomic E-state index is 9.73. The van der Waals surface area contributed by atoms with Gasteiger partial charge in [0.1, 0.15) is 11.5 Å². The lowest BCUT2D eigenvalue weighted by Crippen LogP contribution is -2.45. The maximum atomic E-state index is 9.73. The zero-order valence-corrected chi connectivity index (χ0v) is 12.5. The molecule has 114 valence electrons. The van der Waals surface area contributed by atoms with Crippen LogP contribution in [0.3, 0.4) is 0 Å². The van der Waals surface area contributed by atoms with E-state index < -0.39 is 0 Å². The number of furan rings is 1. The Kier molecular flexibility index (Phi) is 6.04. The van der Waals surface area contributed by atoms with E-state index in [4.69, 9.17) is 9.15 Å². The molecule has 1 saturated heterocycles. The van der Waals surface area contributed by atoms with E-state index in [0.29, 0.717) is 19.2 Å². The second kappa shape index (κ2) is 7.78. The third-order valence-corrected chi connectivity index (χ3v) is 3.78. The molecule has 0 saturated carbocycles. The van der Waals surface area contributed by atoms with Gasteiger partial charge in [0.15, 0.2) is 0 Å². The van der Waals surface area contributed by atoms with Crippen LogP contribution in [0.1, 0.15) is 24.4 Å². The summed E-state index contributed by atoms with van der Waals surface area (Å²) in [5, 5.41) is 13.3. The van der Waals surface area contributed by atoms with Crippen molar-refractivity contribution in [1.29, 1.82) is 0 Å². The molecular weight excluding hydrogens is 256 g/mol. The van der Waals surface area contributed by atoms with Gasteiger partial charge in [-0.3, -0.25) is 0 Å². The van der Waals surface area contributed by atoms with Crippen LogP contribution in [0.2, 0.25) is 0 Å². The van der Waals surface area contributed by atoms with Gasteiger partial charge in [0.25, 0.3) is 0 Å². The molecule has 0 amide bonds. The van der Waals surface area contributed by atoms with Gasteiger partial charge in [-0.1, -0.05) is 0 Å². The summed E-state index contributed by atoms with van der Waals surface area (Å²) in [5.41, 5.74) is 0. The van der Waals surface area contributed by atoms with E-state index in [0.717, 1.165) is 44.0 Å². The zero-order chi connectivity index (χ0) is 14.4. The number of hydrogen-bond acceptors (Lipinski definition) is 5. The Morgan fingerprint density at radius 2 is 2.20 bits per heavy atom. The van der Waals surface area contributed by atoms with E-state index in [-0.39, 0.29) is 6.10 Å². The molecule has 0 aromatic carbocycles. The second-order valence-electron chi connectivity index (χ2n) is 5.58. The van der Waals surface area contributed by atoms with Gasteiger partial charge in [-0.25, -0.2) is 0 Å². The molecule has 1 aromatic rings. The van der Waals surface area contributed by atoms with Crippen molar-refractivity contribution in [1.82, 2.24) is 10.2 Å². The summed E-state index contributed by atoms with van der Waals surface area (Å²) in [6, 6.07) is 4.56. The average Bonchev–Trinajstić information content (AvgIpc) is 2.84. The second-order valence-corrected chi connectivity index (χ2v) is 5.58. The number of likely N-dealkylation sites (tertiary alicyclic amines) is 1. The van der Waals surface area contributed by atoms with Gasteiger partial charge in [-0.2, -0.15) is 0 Å². The fourth-order valence-corrected chi connectivity index (χ4v) is 2.69. The molecule has 2 N–H and O–H groups in total. The Balaban J connectivity index is 1.64. The lowest BCUT2D eigenvalue weighted by Gasteiger charge is -2.33. The smallest absolute Gasteiger partial charge is 0.117 e. The first-order valence-electron chi connectivity index (χ1n) is 7.35. The monoisotopic (exact) mass is 282 g/mol. The van der Waals surface area contributed by atoms with Gasteiger partial charge < -0.3 is 24.5 Å². The van der Waals surface area contributed by atoms with Crippen molar-refractivity contribution < 1.29 is 14.3 Å². The topological polar surface area (TPSA) is 57.9 Å². The Bertz CT molecular complexity index is 386. The Morgan fingerprint density at radius 3 is 2.80 bits per heavy atom. The SMILES string of the molecule is COCC(O)CN1CCC(NCc2ccc(C)o2)CC1. The molecule has 1 atom stereocenters. The summed E-state index contributed by atoms with van der Waals surface area (Å²) >= 11 is 0. The van der Waals surface area contributed by atoms with Crippen LogP contribution < -0.4 is 5.32 Å². The van der Waals surface area contributed by atoms with Crippen molar-refractivity contribution in [2.24, 2.45) is 0 Å². The van der Waals surface area contributed by atoms with Crippen molar-refractivity contribution in [2.75, 3.05) is 33.4 Å². The average molecular weight is 282 g/mol. The van der Waals surface area contributed by atoms with Crippen molar-refractivity contribution in [3.63, 3.8) is 0 Å². The number of rotatable bonds is 7. The minimum Gasteiger partial charge on any atom is -0.465 e. The molecule has 2 heterocycles. The largest absolute Gasteiger partial charge is 0.465 e. The van der Waals surface area contributed by atoms with Gasteiger partial charge in [0.05, 0.1) is 19.3 Å². The highest BCUT2D eigenvalue weighted by atomic mass is 16.5. The van der Waals surface area contributed by atoms with Crippen LogP contribution in [0.25, 0.3) is 0 Å². The summed E-state index contributed by atoms with van der Waals surface area (Å²) in [7, 11) is 1.62. The molecule has 1 unspecified atom stereocenters. The van der Waals surface area contributed by atoms with Gasteiger partial charge in [-0.05, 0) is 45.0 Å². The molecule has 20 heavy (non-hydrogen) atoms. The Morgan fingerprint density at radius 1 is 1.45 bits per heavy atom. The Hall–Kier alpha value is -0.880. The number of ether oxygens (including phenoxy) is 1. The highest BCUT2D eigenvalue weighted by molar-refractivity contribution is 5.05. The quantitative estimate of drug-likeness (QED) is 0.785. The van der Waals surface area contributed by atoms with Gasteiger partial charge >= 0.3 is 0 Å². The van der Waals surface area contributed by atoms with E-state index in [1.54, 1.807) is 7.11 Å². The van der Waals surface area contributed by atoms with Crippen molar-refractivity contribution in [3.8, 4) is 0 Å². The number of hydrogen-bond donors (Lipinski definition) is 2. The molecule has 1 aliphatic heterocycles. The fraction of sp³-hybridized carbons (Fsp3) is 0.733. The van der Waals surface area contributed by atoms with Crippen molar-refractivity contribution in [2.45, 2.75) is 38.5 Å². The molecule has 5 nitrogen and oxygen atoms in total. The first-order chi connectivity index (χ1) is 9.67. The Labute approximate surface area is 120 Å². The lowest BCUT2D eigenvalue weighted by molar-refractivity contribution is 0.0310. The van der Waals surface area contributed by atoms with Crippen LogP contribution in [-0.2, 0) is 11.3 Å². The van der Waals surface area contributed by atoms with E-state index in [9.17, 15) is 5.11 Å². The molecule has 2 rings (SSSR count). The third kappa shape index (κ3) is 4.90. The summed E-state index contributed by atoms with van der Waals surface area (Å²) in [6.07, 6.45) is 1.84. The van der Waals surface area contributed by atoms with Crippen LogP contribution in [0.4, 0.5) is 0 Å². The molecule has 5 heteroatoms. The van der Waals surface area contributed by atoms with E-state index in [1.165, 1.54) is 0 Å². The summed E-state index contributed by atoms with van der Waals surface area (Å²) in [5.74, 6) is 1.96. The number of aliphatic hydroxyl groups excluding tert-OH is 1. The van der Waals surface area contributed by atoms with Crippen molar-refractivity contribution in [3.05, 3.63) is 23.7 Å². The van der Waals surface area contributed by atoms with Crippen molar-refractivity contribution >= 4 is 0 Å². The number of β-amino-alcohol motifs (C(OH)–C–C–N with tert-alkyl or cyclic N) is 1. The highest BCUT2D eigenvalue weighted by Gasteiger charge is 2.20. The zero-order valence-electron chi connectivity index (χ0n) is 12.5. The van der Waals surface area contributed by atoms with Crippen LogP contribution in [0.5, 0.6) is 0 Å². The van der Waals surface area contributed by atoms with Crippen LogP contribution in [0, 0.1) is 6.92 Å². The summed E-state index contributed by atoms with van der Waals surface area (Å²) in [6.45, 7) is 5.93. The van der Waals surface area contributed by atoms with Gasteiger partial charge in [-0.15, -0.1) is 0 Å². The number of aliphatic hydroxyl groups is 1. The van der Waals surface area contributed by atoms with E-state index in [1.807, 2.05) is 19.1 Å². The number of methoxy groups -OCH3 is 1. The number of piperidine rings is 1. The minimum atomic E-state index is -0.379. The normalized spacial score (nSPS) is 19.4. The number of nitrogens with zero attached hydrogens (tertiary/aromatic N) is 1. The molecule has 0 spiro atoms. The standard InChI is InChI=1S/C15H26N2O3/c1-12-3-4-15(20-12)9-16-13-5-7-17(8-6-13)10-14(18)11-19-2/h3-4,13-14,16,18H,5-11H2,1-2H3. The molecular formula is C15H26N2O3. The van der Waals surface area contributed by atoms with Crippen LogP contribution in [0.15, 0.2) is 16.5 Å². The fourth-order valence-electron chi connectivity index (χ4n) is 2.69. The predicted molar refractivity (Wildman–Crippen MR) is 77.6 cm³/mol. The molecule has 0 radical (unpaired) electrons. The maximum Gasteiger partial charge on any atom is 0.117 e. The summed E-state index contributed by atoms with van der Waals surface area (Å²) in [4.78, 5) is 2.30. The first-order valence-corrected chi connectivity index (χ1v) is 7.35. The van der Waals surface area contributed by atoms with E-state index in [2.05, 4.69) is 10.2 Å². The summed E-state index contributed by atoms with van der Waals surface area (Å²) < 4.78 is 10.5. The van der Waals surface area contributed by atoms with Crippen LogP contribution in [-0.4, -0.2) is 55.5 Å². The molecule has 1 fully saturated rings. The van der Waals surface area contributed by atoms with Gasteiger partial charge in [0.2, 0.25) is 0 Å². The lowest BCUT2D eigenvalue weighted by atomic mass is 10.0. The first kappa shape index (κ1) is 15.5. The molecule has 1 aliphatic rings. The molecule has 0 aliphatic carbocycles. The molecule has 1 aromatic heterocycles. The van der Waals surface area contributed by atoms with Gasteiger partial charge in [0, 0.05) is 19.7 Å². The third-order valence-electron chi connectivity index (χ3n) is 3.78. The highest BCUT2D eigenvalue weighted by Crippen LogP contribution is 2.12. The minimum absolute atomic E-state index is 0.379.